The minimum Gasteiger partial charge on any atom is -0.396 e. The summed E-state index contributed by atoms with van der Waals surface area (Å²) in [5, 5.41) is 14.7. The first-order chi connectivity index (χ1) is 9.20. The van der Waals surface area contributed by atoms with E-state index in [1.807, 2.05) is 11.3 Å². The number of aliphatic hydroxyl groups is 1. The maximum absolute atomic E-state index is 8.89. The van der Waals surface area contributed by atoms with Crippen molar-refractivity contribution in [3.05, 3.63) is 22.4 Å². The van der Waals surface area contributed by atoms with Gasteiger partial charge in [0.1, 0.15) is 0 Å². The van der Waals surface area contributed by atoms with E-state index in [0.29, 0.717) is 18.0 Å². The summed E-state index contributed by atoms with van der Waals surface area (Å²) in [4.78, 5) is 4.09. The molecule has 108 valence electrons. The number of thiophene rings is 1. The molecule has 4 heteroatoms. The van der Waals surface area contributed by atoms with Crippen LogP contribution in [0.3, 0.4) is 0 Å². The quantitative estimate of drug-likeness (QED) is 0.786. The first-order valence-electron chi connectivity index (χ1n) is 7.32. The van der Waals surface area contributed by atoms with E-state index in [1.165, 1.54) is 17.8 Å². The molecule has 0 amide bonds. The van der Waals surface area contributed by atoms with Gasteiger partial charge in [-0.1, -0.05) is 6.07 Å². The lowest BCUT2D eigenvalue weighted by Gasteiger charge is -2.40. The molecule has 2 heterocycles. The topological polar surface area (TPSA) is 35.5 Å². The van der Waals surface area contributed by atoms with Gasteiger partial charge in [-0.2, -0.15) is 0 Å². The molecule has 3 nitrogen and oxygen atoms in total. The number of rotatable bonds is 6. The standard InChI is InChI=1S/C15H26N2OS/c1-12(2)17-10-13(15-5-3-8-19-15)9-14(11-17)16-6-4-7-18/h3,5,8,12-14,16,18H,4,6-7,9-11H2,1-2H3. The third-order valence-corrected chi connectivity index (χ3v) is 4.96. The largest absolute Gasteiger partial charge is 0.396 e. The lowest BCUT2D eigenvalue weighted by atomic mass is 9.92. The highest BCUT2D eigenvalue weighted by Crippen LogP contribution is 2.30. The molecule has 0 radical (unpaired) electrons. The molecule has 1 aromatic rings. The second kappa shape index (κ2) is 7.39. The maximum atomic E-state index is 8.89. The molecular weight excluding hydrogens is 256 g/mol. The van der Waals surface area contributed by atoms with Crippen molar-refractivity contribution in [3.8, 4) is 0 Å². The molecule has 2 rings (SSSR count). The molecule has 0 spiro atoms. The molecule has 2 unspecified atom stereocenters. The summed E-state index contributed by atoms with van der Waals surface area (Å²) in [6.07, 6.45) is 2.07. The Kier molecular flexibility index (Phi) is 5.82. The van der Waals surface area contributed by atoms with Crippen LogP contribution >= 0.6 is 11.3 Å². The van der Waals surface area contributed by atoms with Crippen molar-refractivity contribution < 1.29 is 5.11 Å². The van der Waals surface area contributed by atoms with Crippen LogP contribution in [0.5, 0.6) is 0 Å². The van der Waals surface area contributed by atoms with Gasteiger partial charge in [0.05, 0.1) is 0 Å². The summed E-state index contributed by atoms with van der Waals surface area (Å²) in [6.45, 7) is 8.07. The molecular formula is C15H26N2OS. The third kappa shape index (κ3) is 4.28. The molecule has 19 heavy (non-hydrogen) atoms. The molecule has 1 aromatic heterocycles. The van der Waals surface area contributed by atoms with Crippen LogP contribution < -0.4 is 5.32 Å². The van der Waals surface area contributed by atoms with Gasteiger partial charge in [-0.25, -0.2) is 0 Å². The van der Waals surface area contributed by atoms with Gasteiger partial charge in [0, 0.05) is 42.6 Å². The van der Waals surface area contributed by atoms with Crippen molar-refractivity contribution in [2.24, 2.45) is 0 Å². The highest BCUT2D eigenvalue weighted by atomic mass is 32.1. The fourth-order valence-electron chi connectivity index (χ4n) is 2.82. The highest BCUT2D eigenvalue weighted by molar-refractivity contribution is 7.10. The second-order valence-electron chi connectivity index (χ2n) is 5.72. The molecule has 0 aliphatic carbocycles. The molecule has 1 aliphatic heterocycles. The van der Waals surface area contributed by atoms with E-state index in [9.17, 15) is 0 Å². The number of likely N-dealkylation sites (tertiary alicyclic amines) is 1. The van der Waals surface area contributed by atoms with E-state index in [1.54, 1.807) is 0 Å². The van der Waals surface area contributed by atoms with Crippen LogP contribution in [0.25, 0.3) is 0 Å². The van der Waals surface area contributed by atoms with E-state index in [2.05, 4.69) is 41.6 Å². The number of piperidine rings is 1. The van der Waals surface area contributed by atoms with Crippen molar-refractivity contribution in [2.45, 2.75) is 44.7 Å². The average Bonchev–Trinajstić information content (AvgIpc) is 2.92. The number of aliphatic hydroxyl groups excluding tert-OH is 1. The zero-order valence-corrected chi connectivity index (χ0v) is 12.8. The lowest BCUT2D eigenvalue weighted by Crippen LogP contribution is -2.50. The van der Waals surface area contributed by atoms with Gasteiger partial charge in [0.15, 0.2) is 0 Å². The molecule has 1 saturated heterocycles. The predicted octanol–water partition coefficient (Wildman–Crippen LogP) is 2.29. The van der Waals surface area contributed by atoms with Crippen LogP contribution in [0.15, 0.2) is 17.5 Å². The molecule has 1 aliphatic rings. The summed E-state index contributed by atoms with van der Waals surface area (Å²) in [6, 6.07) is 5.58. The van der Waals surface area contributed by atoms with Crippen molar-refractivity contribution in [1.82, 2.24) is 10.2 Å². The zero-order valence-electron chi connectivity index (χ0n) is 12.0. The smallest absolute Gasteiger partial charge is 0.0443 e. The van der Waals surface area contributed by atoms with Crippen LogP contribution in [0.1, 0.15) is 37.5 Å². The van der Waals surface area contributed by atoms with Crippen molar-refractivity contribution >= 4 is 11.3 Å². The Hall–Kier alpha value is -0.420. The highest BCUT2D eigenvalue weighted by Gasteiger charge is 2.29. The fourth-order valence-corrected chi connectivity index (χ4v) is 3.65. The minimum atomic E-state index is 0.280. The fraction of sp³-hybridized carbons (Fsp3) is 0.733. The van der Waals surface area contributed by atoms with Gasteiger partial charge in [-0.15, -0.1) is 11.3 Å². The maximum Gasteiger partial charge on any atom is 0.0443 e. The van der Waals surface area contributed by atoms with Crippen LogP contribution in [0.2, 0.25) is 0 Å². The summed E-state index contributed by atoms with van der Waals surface area (Å²) >= 11 is 1.88. The van der Waals surface area contributed by atoms with E-state index >= 15 is 0 Å². The van der Waals surface area contributed by atoms with Gasteiger partial charge in [0.2, 0.25) is 0 Å². The number of nitrogens with one attached hydrogen (secondary N) is 1. The van der Waals surface area contributed by atoms with Gasteiger partial charge in [0.25, 0.3) is 0 Å². The van der Waals surface area contributed by atoms with Crippen LogP contribution in [-0.2, 0) is 0 Å². The second-order valence-corrected chi connectivity index (χ2v) is 6.70. The molecule has 0 saturated carbocycles. The van der Waals surface area contributed by atoms with Gasteiger partial charge in [-0.3, -0.25) is 4.90 Å². The van der Waals surface area contributed by atoms with Crippen molar-refractivity contribution in [3.63, 3.8) is 0 Å². The Labute approximate surface area is 120 Å². The Bertz CT molecular complexity index is 353. The van der Waals surface area contributed by atoms with Crippen molar-refractivity contribution in [2.75, 3.05) is 26.2 Å². The van der Waals surface area contributed by atoms with E-state index in [-0.39, 0.29) is 6.61 Å². The Morgan fingerprint density at radius 3 is 2.95 bits per heavy atom. The van der Waals surface area contributed by atoms with Crippen LogP contribution in [0, 0.1) is 0 Å². The normalized spacial score (nSPS) is 25.1. The summed E-state index contributed by atoms with van der Waals surface area (Å²) < 4.78 is 0. The SMILES string of the molecule is CC(C)N1CC(NCCCO)CC(c2cccs2)C1. The van der Waals surface area contributed by atoms with E-state index in [4.69, 9.17) is 5.11 Å². The molecule has 0 aromatic carbocycles. The Morgan fingerprint density at radius 1 is 1.47 bits per heavy atom. The zero-order chi connectivity index (χ0) is 13.7. The minimum absolute atomic E-state index is 0.280. The van der Waals surface area contributed by atoms with Gasteiger partial charge >= 0.3 is 0 Å². The first-order valence-corrected chi connectivity index (χ1v) is 8.20. The molecule has 2 N–H and O–H groups in total. The van der Waals surface area contributed by atoms with Crippen LogP contribution in [-0.4, -0.2) is 48.3 Å². The summed E-state index contributed by atoms with van der Waals surface area (Å²) in [5.41, 5.74) is 0. The molecule has 2 atom stereocenters. The third-order valence-electron chi connectivity index (χ3n) is 3.92. The summed E-state index contributed by atoms with van der Waals surface area (Å²) in [7, 11) is 0. The monoisotopic (exact) mass is 282 g/mol. The summed E-state index contributed by atoms with van der Waals surface area (Å²) in [5.74, 6) is 0.655. The van der Waals surface area contributed by atoms with Gasteiger partial charge < -0.3 is 10.4 Å². The number of nitrogens with zero attached hydrogens (tertiary/aromatic N) is 1. The Morgan fingerprint density at radius 2 is 2.32 bits per heavy atom. The van der Waals surface area contributed by atoms with E-state index < -0.39 is 0 Å². The van der Waals surface area contributed by atoms with E-state index in [0.717, 1.165) is 19.5 Å². The molecule has 0 bridgehead atoms. The first kappa shape index (κ1) is 15.0. The van der Waals surface area contributed by atoms with Crippen molar-refractivity contribution in [1.29, 1.82) is 0 Å². The van der Waals surface area contributed by atoms with Gasteiger partial charge in [-0.05, 0) is 44.7 Å². The number of hydrogen-bond donors (Lipinski definition) is 2. The predicted molar refractivity (Wildman–Crippen MR) is 81.9 cm³/mol. The van der Waals surface area contributed by atoms with Crippen LogP contribution in [0.4, 0.5) is 0 Å². The Balaban J connectivity index is 1.96. The lowest BCUT2D eigenvalue weighted by molar-refractivity contribution is 0.138. The number of hydrogen-bond acceptors (Lipinski definition) is 4. The molecule has 1 fully saturated rings. The average molecular weight is 282 g/mol.